The van der Waals surface area contributed by atoms with E-state index in [1.807, 2.05) is 39.0 Å². The molecule has 0 aliphatic carbocycles. The van der Waals surface area contributed by atoms with Crippen LogP contribution in [0.4, 0.5) is 0 Å². The van der Waals surface area contributed by atoms with Gasteiger partial charge in [0.2, 0.25) is 5.78 Å². The molecule has 0 saturated carbocycles. The summed E-state index contributed by atoms with van der Waals surface area (Å²) in [5, 5.41) is 5.20. The van der Waals surface area contributed by atoms with Crippen molar-refractivity contribution in [1.29, 1.82) is 0 Å². The highest BCUT2D eigenvalue weighted by Gasteiger charge is 2.22. The van der Waals surface area contributed by atoms with Gasteiger partial charge in [-0.05, 0) is 32.9 Å². The molecule has 0 amide bonds. The van der Waals surface area contributed by atoms with E-state index in [4.69, 9.17) is 4.42 Å². The van der Waals surface area contributed by atoms with Crippen molar-refractivity contribution in [2.24, 2.45) is 7.05 Å². The Morgan fingerprint density at radius 2 is 2.00 bits per heavy atom. The van der Waals surface area contributed by atoms with E-state index in [0.29, 0.717) is 17.0 Å². The monoisotopic (exact) mass is 268 g/mol. The second-order valence-corrected chi connectivity index (χ2v) is 5.19. The number of carbonyl (C=O) groups is 1. The van der Waals surface area contributed by atoms with Gasteiger partial charge in [-0.25, -0.2) is 0 Å². The minimum absolute atomic E-state index is 0.109. The van der Waals surface area contributed by atoms with Crippen molar-refractivity contribution in [2.45, 2.75) is 20.8 Å². The molecule has 4 heteroatoms. The van der Waals surface area contributed by atoms with Crippen LogP contribution in [0.1, 0.15) is 32.9 Å². The summed E-state index contributed by atoms with van der Waals surface area (Å²) in [6, 6.07) is 5.93. The van der Waals surface area contributed by atoms with Crippen LogP contribution in [0, 0.1) is 20.8 Å². The highest BCUT2D eigenvalue weighted by atomic mass is 16.3. The van der Waals surface area contributed by atoms with E-state index in [1.54, 1.807) is 17.9 Å². The number of benzene rings is 1. The lowest BCUT2D eigenvalue weighted by Gasteiger charge is -1.96. The van der Waals surface area contributed by atoms with Gasteiger partial charge in [0, 0.05) is 24.2 Å². The predicted octanol–water partition coefficient (Wildman–Crippen LogP) is 3.32. The van der Waals surface area contributed by atoms with Crippen molar-refractivity contribution < 1.29 is 9.21 Å². The molecular formula is C16H16N2O2. The van der Waals surface area contributed by atoms with Crippen molar-refractivity contribution in [3.05, 3.63) is 52.5 Å². The second-order valence-electron chi connectivity index (χ2n) is 5.19. The lowest BCUT2D eigenvalue weighted by Crippen LogP contribution is -2.02. The fourth-order valence-corrected chi connectivity index (χ4v) is 2.50. The first-order valence-corrected chi connectivity index (χ1v) is 6.52. The van der Waals surface area contributed by atoms with Crippen molar-refractivity contribution in [3.63, 3.8) is 0 Å². The number of nitrogens with zero attached hydrogens (tertiary/aromatic N) is 2. The summed E-state index contributed by atoms with van der Waals surface area (Å²) in [7, 11) is 1.80. The quantitative estimate of drug-likeness (QED) is 0.670. The van der Waals surface area contributed by atoms with E-state index in [-0.39, 0.29) is 5.78 Å². The van der Waals surface area contributed by atoms with Gasteiger partial charge < -0.3 is 4.42 Å². The first kappa shape index (κ1) is 12.7. The molecule has 102 valence electrons. The van der Waals surface area contributed by atoms with Gasteiger partial charge in [-0.1, -0.05) is 11.6 Å². The molecule has 0 N–H and O–H groups in total. The molecule has 1 aromatic carbocycles. The molecule has 0 atom stereocenters. The number of ketones is 1. The number of aryl methyl sites for hydroxylation is 4. The number of fused-ring (bicyclic) bond motifs is 1. The van der Waals surface area contributed by atoms with Gasteiger partial charge in [-0.15, -0.1) is 0 Å². The van der Waals surface area contributed by atoms with E-state index in [1.165, 1.54) is 0 Å². The molecule has 0 aliphatic rings. The molecule has 2 aromatic heterocycles. The van der Waals surface area contributed by atoms with Gasteiger partial charge in [0.25, 0.3) is 0 Å². The molecule has 0 aliphatic heterocycles. The second kappa shape index (κ2) is 4.34. The normalized spacial score (nSPS) is 11.2. The number of aromatic nitrogens is 2. The van der Waals surface area contributed by atoms with Crippen molar-refractivity contribution in [2.75, 3.05) is 0 Å². The average Bonchev–Trinajstić information content (AvgIpc) is 2.90. The van der Waals surface area contributed by atoms with Crippen LogP contribution < -0.4 is 0 Å². The van der Waals surface area contributed by atoms with Crippen LogP contribution in [-0.4, -0.2) is 15.6 Å². The van der Waals surface area contributed by atoms with E-state index in [9.17, 15) is 4.79 Å². The Balaban J connectivity index is 2.17. The van der Waals surface area contributed by atoms with Crippen LogP contribution in [0.25, 0.3) is 11.0 Å². The zero-order valence-corrected chi connectivity index (χ0v) is 12.0. The van der Waals surface area contributed by atoms with E-state index < -0.39 is 0 Å². The van der Waals surface area contributed by atoms with Crippen LogP contribution >= 0.6 is 0 Å². The Labute approximate surface area is 117 Å². The predicted molar refractivity (Wildman–Crippen MR) is 77.1 cm³/mol. The zero-order valence-electron chi connectivity index (χ0n) is 12.0. The molecule has 4 nitrogen and oxygen atoms in total. The summed E-state index contributed by atoms with van der Waals surface area (Å²) in [5.74, 6) is 0.295. The highest BCUT2D eigenvalue weighted by Crippen LogP contribution is 2.28. The van der Waals surface area contributed by atoms with Crippen molar-refractivity contribution in [3.8, 4) is 0 Å². The third-order valence-corrected chi connectivity index (χ3v) is 3.56. The molecule has 0 saturated heterocycles. The van der Waals surface area contributed by atoms with Crippen LogP contribution in [0.5, 0.6) is 0 Å². The van der Waals surface area contributed by atoms with Crippen LogP contribution in [0.2, 0.25) is 0 Å². The maximum absolute atomic E-state index is 12.6. The van der Waals surface area contributed by atoms with Gasteiger partial charge in [-0.3, -0.25) is 9.48 Å². The highest BCUT2D eigenvalue weighted by molar-refractivity contribution is 6.11. The lowest BCUT2D eigenvalue weighted by atomic mass is 10.0. The Kier molecular flexibility index (Phi) is 2.74. The molecule has 0 fully saturated rings. The molecule has 3 aromatic rings. The standard InChI is InChI=1S/C16H16N2O2/c1-9-5-6-14-12(7-9)10(2)16(20-14)15(19)13-8-18(4)17-11(13)3/h5-8H,1-4H3. The summed E-state index contributed by atoms with van der Waals surface area (Å²) in [4.78, 5) is 12.6. The molecule has 2 heterocycles. The molecular weight excluding hydrogens is 252 g/mol. The smallest absolute Gasteiger partial charge is 0.231 e. The minimum Gasteiger partial charge on any atom is -0.452 e. The Hall–Kier alpha value is -2.36. The Bertz CT molecular complexity index is 824. The molecule has 3 rings (SSSR count). The summed E-state index contributed by atoms with van der Waals surface area (Å²) in [6.45, 7) is 5.78. The van der Waals surface area contributed by atoms with Crippen LogP contribution in [0.3, 0.4) is 0 Å². The Morgan fingerprint density at radius 3 is 2.65 bits per heavy atom. The first-order chi connectivity index (χ1) is 9.47. The number of hydrogen-bond acceptors (Lipinski definition) is 3. The van der Waals surface area contributed by atoms with Gasteiger partial charge in [0.1, 0.15) is 5.58 Å². The summed E-state index contributed by atoms with van der Waals surface area (Å²) >= 11 is 0. The summed E-state index contributed by atoms with van der Waals surface area (Å²) in [6.07, 6.45) is 1.73. The number of carbonyl (C=O) groups excluding carboxylic acids is 1. The molecule has 20 heavy (non-hydrogen) atoms. The van der Waals surface area contributed by atoms with E-state index in [0.717, 1.165) is 22.1 Å². The molecule has 0 unspecified atom stereocenters. The van der Waals surface area contributed by atoms with E-state index in [2.05, 4.69) is 5.10 Å². The zero-order chi connectivity index (χ0) is 14.4. The van der Waals surface area contributed by atoms with Crippen LogP contribution in [0.15, 0.2) is 28.8 Å². The van der Waals surface area contributed by atoms with Crippen molar-refractivity contribution >= 4 is 16.8 Å². The van der Waals surface area contributed by atoms with Gasteiger partial charge in [0.15, 0.2) is 5.76 Å². The fourth-order valence-electron chi connectivity index (χ4n) is 2.50. The van der Waals surface area contributed by atoms with Gasteiger partial charge in [-0.2, -0.15) is 5.10 Å². The van der Waals surface area contributed by atoms with E-state index >= 15 is 0 Å². The number of furan rings is 1. The first-order valence-electron chi connectivity index (χ1n) is 6.52. The Morgan fingerprint density at radius 1 is 1.25 bits per heavy atom. The maximum atomic E-state index is 12.6. The maximum Gasteiger partial charge on any atom is 0.231 e. The van der Waals surface area contributed by atoms with Gasteiger partial charge >= 0.3 is 0 Å². The summed E-state index contributed by atoms with van der Waals surface area (Å²) in [5.41, 5.74) is 4.09. The van der Waals surface area contributed by atoms with Crippen LogP contribution in [-0.2, 0) is 7.05 Å². The molecule has 0 spiro atoms. The van der Waals surface area contributed by atoms with Crippen molar-refractivity contribution in [1.82, 2.24) is 9.78 Å². The topological polar surface area (TPSA) is 48.0 Å². The largest absolute Gasteiger partial charge is 0.452 e. The molecule has 0 bridgehead atoms. The average molecular weight is 268 g/mol. The lowest BCUT2D eigenvalue weighted by molar-refractivity contribution is 0.101. The molecule has 0 radical (unpaired) electrons. The number of rotatable bonds is 2. The summed E-state index contributed by atoms with van der Waals surface area (Å²) < 4.78 is 7.39. The third kappa shape index (κ3) is 1.84. The fraction of sp³-hybridized carbons (Fsp3) is 0.250. The third-order valence-electron chi connectivity index (χ3n) is 3.56. The minimum atomic E-state index is -0.109. The SMILES string of the molecule is Cc1ccc2oc(C(=O)c3cn(C)nc3C)c(C)c2c1. The number of hydrogen-bond donors (Lipinski definition) is 0. The van der Waals surface area contributed by atoms with Gasteiger partial charge in [0.05, 0.1) is 11.3 Å².